The van der Waals surface area contributed by atoms with Crippen LogP contribution in [0.5, 0.6) is 0 Å². The van der Waals surface area contributed by atoms with Crippen LogP contribution in [0.3, 0.4) is 0 Å². The molecule has 0 spiro atoms. The summed E-state index contributed by atoms with van der Waals surface area (Å²) in [7, 11) is 0. The smallest absolute Gasteiger partial charge is 0.294 e. The molecule has 0 bridgehead atoms. The van der Waals surface area contributed by atoms with Crippen molar-refractivity contribution in [2.24, 2.45) is 0 Å². The molecule has 2 heterocycles. The van der Waals surface area contributed by atoms with Crippen molar-refractivity contribution in [1.29, 1.82) is 0 Å². The average molecular weight is 433 g/mol. The van der Waals surface area contributed by atoms with Crippen molar-refractivity contribution in [3.05, 3.63) is 83.0 Å². The highest BCUT2D eigenvalue weighted by Gasteiger charge is 2.36. The molecule has 0 atom stereocenters. The number of hydrogen-bond acceptors (Lipinski definition) is 5. The van der Waals surface area contributed by atoms with Crippen LogP contribution in [-0.4, -0.2) is 28.5 Å². The minimum atomic E-state index is -0.510. The van der Waals surface area contributed by atoms with Gasteiger partial charge in [-0.05, 0) is 48.0 Å². The molecule has 31 heavy (non-hydrogen) atoms. The molecule has 156 valence electrons. The van der Waals surface area contributed by atoms with Crippen molar-refractivity contribution in [2.75, 3.05) is 11.9 Å². The van der Waals surface area contributed by atoms with Gasteiger partial charge in [0, 0.05) is 17.3 Å². The summed E-state index contributed by atoms with van der Waals surface area (Å²) in [5.41, 5.74) is 2.69. The lowest BCUT2D eigenvalue weighted by atomic mass is 10.1. The standard InChI is InChI=1S/C24H20N2O4S/c1-2-16-8-10-18(11-9-16)25-22(27)15-26-23(28)21(31-24(26)29)14-19-12-13-20(30-19)17-6-4-3-5-7-17/h3-14H,2,15H2,1H3,(H,25,27)/b21-14-. The Kier molecular flexibility index (Phi) is 6.04. The molecule has 1 fully saturated rings. The van der Waals surface area contributed by atoms with Crippen LogP contribution in [-0.2, 0) is 16.0 Å². The minimum Gasteiger partial charge on any atom is -0.457 e. The number of anilines is 1. The van der Waals surface area contributed by atoms with E-state index < -0.39 is 17.1 Å². The molecule has 2 aromatic carbocycles. The molecule has 3 aromatic rings. The Hall–Kier alpha value is -3.58. The van der Waals surface area contributed by atoms with Crippen LogP contribution < -0.4 is 5.32 Å². The molecule has 0 saturated carbocycles. The fourth-order valence-corrected chi connectivity index (χ4v) is 3.94. The predicted octanol–water partition coefficient (Wildman–Crippen LogP) is 5.18. The summed E-state index contributed by atoms with van der Waals surface area (Å²) in [5.74, 6) is 0.186. The zero-order valence-electron chi connectivity index (χ0n) is 16.8. The van der Waals surface area contributed by atoms with E-state index in [1.807, 2.05) is 55.5 Å². The van der Waals surface area contributed by atoms with Gasteiger partial charge >= 0.3 is 0 Å². The minimum absolute atomic E-state index is 0.221. The Morgan fingerprint density at radius 2 is 1.77 bits per heavy atom. The highest BCUT2D eigenvalue weighted by atomic mass is 32.2. The number of thioether (sulfide) groups is 1. The quantitative estimate of drug-likeness (QED) is 0.543. The van der Waals surface area contributed by atoms with Crippen LogP contribution >= 0.6 is 11.8 Å². The summed E-state index contributed by atoms with van der Waals surface area (Å²) in [5, 5.41) is 2.23. The van der Waals surface area contributed by atoms with Gasteiger partial charge in [0.2, 0.25) is 5.91 Å². The summed E-state index contributed by atoms with van der Waals surface area (Å²) >= 11 is 0.793. The van der Waals surface area contributed by atoms with Crippen molar-refractivity contribution < 1.29 is 18.8 Å². The van der Waals surface area contributed by atoms with Crippen LogP contribution in [0.15, 0.2) is 76.1 Å². The zero-order valence-corrected chi connectivity index (χ0v) is 17.6. The van der Waals surface area contributed by atoms with Crippen LogP contribution in [0.2, 0.25) is 0 Å². The molecular weight excluding hydrogens is 412 g/mol. The maximum atomic E-state index is 12.7. The lowest BCUT2D eigenvalue weighted by Crippen LogP contribution is -2.36. The largest absolute Gasteiger partial charge is 0.457 e. The number of rotatable bonds is 6. The third kappa shape index (κ3) is 4.78. The third-order valence-corrected chi connectivity index (χ3v) is 5.69. The fraction of sp³-hybridized carbons (Fsp3) is 0.125. The van der Waals surface area contributed by atoms with E-state index in [1.54, 1.807) is 18.2 Å². The van der Waals surface area contributed by atoms with E-state index >= 15 is 0 Å². The van der Waals surface area contributed by atoms with Crippen LogP contribution in [0.4, 0.5) is 10.5 Å². The Labute approximate surface area is 183 Å². The highest BCUT2D eigenvalue weighted by molar-refractivity contribution is 8.18. The van der Waals surface area contributed by atoms with Gasteiger partial charge in [-0.15, -0.1) is 0 Å². The molecule has 0 aliphatic carbocycles. The fourth-order valence-electron chi connectivity index (χ4n) is 3.12. The first-order valence-corrected chi connectivity index (χ1v) is 10.6. The first-order valence-electron chi connectivity index (χ1n) is 9.83. The highest BCUT2D eigenvalue weighted by Crippen LogP contribution is 2.33. The van der Waals surface area contributed by atoms with E-state index in [0.717, 1.165) is 34.2 Å². The Morgan fingerprint density at radius 1 is 1.03 bits per heavy atom. The summed E-state index contributed by atoms with van der Waals surface area (Å²) < 4.78 is 5.78. The molecule has 0 radical (unpaired) electrons. The summed E-state index contributed by atoms with van der Waals surface area (Å²) in [4.78, 5) is 38.5. The Bertz CT molecular complexity index is 1150. The molecule has 1 saturated heterocycles. The maximum absolute atomic E-state index is 12.7. The van der Waals surface area contributed by atoms with Gasteiger partial charge in [-0.3, -0.25) is 19.3 Å². The number of nitrogens with one attached hydrogen (secondary N) is 1. The number of carbonyl (C=O) groups excluding carboxylic acids is 3. The lowest BCUT2D eigenvalue weighted by Gasteiger charge is -2.12. The monoisotopic (exact) mass is 432 g/mol. The first-order chi connectivity index (χ1) is 15.0. The molecule has 1 aliphatic heterocycles. The molecule has 3 amide bonds. The third-order valence-electron chi connectivity index (χ3n) is 4.78. The van der Waals surface area contributed by atoms with Gasteiger partial charge in [-0.1, -0.05) is 49.4 Å². The van der Waals surface area contributed by atoms with Crippen molar-refractivity contribution in [1.82, 2.24) is 4.90 Å². The van der Waals surface area contributed by atoms with Gasteiger partial charge in [0.15, 0.2) is 0 Å². The van der Waals surface area contributed by atoms with Gasteiger partial charge in [-0.25, -0.2) is 0 Å². The first kappa shape index (κ1) is 20.7. The van der Waals surface area contributed by atoms with E-state index in [0.29, 0.717) is 17.2 Å². The SMILES string of the molecule is CCc1ccc(NC(=O)CN2C(=O)S/C(=C\c3ccc(-c4ccccc4)o3)C2=O)cc1. The second-order valence-electron chi connectivity index (χ2n) is 6.93. The molecular formula is C24H20N2O4S. The number of nitrogens with zero attached hydrogens (tertiary/aromatic N) is 1. The normalized spacial score (nSPS) is 15.0. The Morgan fingerprint density at radius 3 is 2.48 bits per heavy atom. The summed E-state index contributed by atoms with van der Waals surface area (Å²) in [6.07, 6.45) is 2.43. The summed E-state index contributed by atoms with van der Waals surface area (Å²) in [6, 6.07) is 20.6. The molecule has 7 heteroatoms. The van der Waals surface area contributed by atoms with Gasteiger partial charge in [0.1, 0.15) is 18.1 Å². The second-order valence-corrected chi connectivity index (χ2v) is 7.93. The number of furan rings is 1. The number of aryl methyl sites for hydroxylation is 1. The molecule has 6 nitrogen and oxygen atoms in total. The van der Waals surface area contributed by atoms with E-state index in [2.05, 4.69) is 5.32 Å². The Balaban J connectivity index is 1.42. The van der Waals surface area contributed by atoms with E-state index in [-0.39, 0.29) is 11.4 Å². The molecule has 1 N–H and O–H groups in total. The van der Waals surface area contributed by atoms with Crippen LogP contribution in [0, 0.1) is 0 Å². The van der Waals surface area contributed by atoms with Crippen molar-refractivity contribution in [2.45, 2.75) is 13.3 Å². The van der Waals surface area contributed by atoms with E-state index in [1.165, 1.54) is 6.08 Å². The van der Waals surface area contributed by atoms with Crippen molar-refractivity contribution in [3.8, 4) is 11.3 Å². The number of amides is 3. The number of benzene rings is 2. The topological polar surface area (TPSA) is 79.6 Å². The van der Waals surface area contributed by atoms with Gasteiger partial charge < -0.3 is 9.73 Å². The molecule has 4 rings (SSSR count). The number of carbonyl (C=O) groups is 3. The van der Waals surface area contributed by atoms with Gasteiger partial charge in [0.25, 0.3) is 11.1 Å². The predicted molar refractivity (Wildman–Crippen MR) is 121 cm³/mol. The lowest BCUT2D eigenvalue weighted by molar-refractivity contribution is -0.127. The van der Waals surface area contributed by atoms with E-state index in [4.69, 9.17) is 4.42 Å². The maximum Gasteiger partial charge on any atom is 0.294 e. The number of hydrogen-bond donors (Lipinski definition) is 1. The molecule has 0 unspecified atom stereocenters. The van der Waals surface area contributed by atoms with Crippen molar-refractivity contribution in [3.63, 3.8) is 0 Å². The van der Waals surface area contributed by atoms with Gasteiger partial charge in [0.05, 0.1) is 4.91 Å². The second kappa shape index (κ2) is 9.06. The van der Waals surface area contributed by atoms with Crippen LogP contribution in [0.1, 0.15) is 18.2 Å². The molecule has 1 aliphatic rings. The average Bonchev–Trinajstić information content (AvgIpc) is 3.35. The van der Waals surface area contributed by atoms with Crippen molar-refractivity contribution >= 4 is 40.6 Å². The van der Waals surface area contributed by atoms with Gasteiger partial charge in [-0.2, -0.15) is 0 Å². The molecule has 1 aromatic heterocycles. The number of imide groups is 1. The summed E-state index contributed by atoms with van der Waals surface area (Å²) in [6.45, 7) is 1.71. The van der Waals surface area contributed by atoms with Crippen LogP contribution in [0.25, 0.3) is 17.4 Å². The van der Waals surface area contributed by atoms with E-state index in [9.17, 15) is 14.4 Å². The zero-order chi connectivity index (χ0) is 21.8.